The molecule has 0 unspecified atom stereocenters. The van der Waals surface area contributed by atoms with E-state index in [0.717, 1.165) is 6.07 Å². The number of carbonyl (C=O) groups is 1. The summed E-state index contributed by atoms with van der Waals surface area (Å²) in [4.78, 5) is 22.5. The minimum Gasteiger partial charge on any atom is -0.466 e. The SMILES string of the molecule is O=C(N[C@@H](Oc1cccc([N+](=O)[O-])c1)C(Cl)(Cl)Cl)c1cccc(Cl)c1. The molecule has 0 spiro atoms. The Morgan fingerprint density at radius 2 is 1.84 bits per heavy atom. The second-order valence-electron chi connectivity index (χ2n) is 4.78. The van der Waals surface area contributed by atoms with Crippen molar-refractivity contribution in [3.8, 4) is 5.75 Å². The monoisotopic (exact) mass is 422 g/mol. The molecule has 1 N–H and O–H groups in total. The number of ether oxygens (including phenoxy) is 1. The number of nitro groups is 1. The van der Waals surface area contributed by atoms with Gasteiger partial charge in [0, 0.05) is 16.7 Å². The van der Waals surface area contributed by atoms with Gasteiger partial charge in [0.25, 0.3) is 11.6 Å². The average Bonchev–Trinajstić information content (AvgIpc) is 2.53. The van der Waals surface area contributed by atoms with Crippen LogP contribution in [0.3, 0.4) is 0 Å². The van der Waals surface area contributed by atoms with Crippen molar-refractivity contribution in [3.05, 3.63) is 69.2 Å². The van der Waals surface area contributed by atoms with E-state index in [1.54, 1.807) is 12.1 Å². The zero-order valence-corrected chi connectivity index (χ0v) is 15.3. The van der Waals surface area contributed by atoms with Crippen molar-refractivity contribution in [2.45, 2.75) is 10.0 Å². The lowest BCUT2D eigenvalue weighted by molar-refractivity contribution is -0.384. The van der Waals surface area contributed by atoms with Gasteiger partial charge in [-0.15, -0.1) is 0 Å². The van der Waals surface area contributed by atoms with Crippen molar-refractivity contribution < 1.29 is 14.5 Å². The van der Waals surface area contributed by atoms with Crippen molar-refractivity contribution >= 4 is 58.0 Å². The number of nitro benzene ring substituents is 1. The zero-order chi connectivity index (χ0) is 18.6. The highest BCUT2D eigenvalue weighted by Crippen LogP contribution is 2.33. The van der Waals surface area contributed by atoms with Gasteiger partial charge >= 0.3 is 0 Å². The minimum absolute atomic E-state index is 0.0527. The average molecular weight is 424 g/mol. The molecule has 0 saturated carbocycles. The van der Waals surface area contributed by atoms with Gasteiger partial charge in [0.15, 0.2) is 0 Å². The molecule has 0 aromatic heterocycles. The third-order valence-electron chi connectivity index (χ3n) is 2.93. The van der Waals surface area contributed by atoms with Gasteiger partial charge in [0.2, 0.25) is 10.0 Å². The quantitative estimate of drug-likeness (QED) is 0.325. The maximum absolute atomic E-state index is 12.3. The molecular formula is C15H10Cl4N2O4. The smallest absolute Gasteiger partial charge is 0.273 e. The summed E-state index contributed by atoms with van der Waals surface area (Å²) in [5.74, 6) is -0.541. The number of nitrogens with one attached hydrogen (secondary N) is 1. The maximum Gasteiger partial charge on any atom is 0.273 e. The molecule has 10 heteroatoms. The Bertz CT molecular complexity index is 795. The minimum atomic E-state index is -2.03. The van der Waals surface area contributed by atoms with Gasteiger partial charge in [-0.25, -0.2) is 0 Å². The summed E-state index contributed by atoms with van der Waals surface area (Å²) in [6.45, 7) is 0. The van der Waals surface area contributed by atoms with Gasteiger partial charge in [-0.05, 0) is 24.3 Å². The standard InChI is InChI=1S/C15H10Cl4N2O4/c16-10-4-1-3-9(7-10)13(22)20-14(15(17,18)19)25-12-6-2-5-11(8-12)21(23)24/h1-8,14H,(H,20,22)/t14-/m0/s1. The molecule has 2 rings (SSSR count). The van der Waals surface area contributed by atoms with Crippen LogP contribution in [-0.4, -0.2) is 20.9 Å². The lowest BCUT2D eigenvalue weighted by Gasteiger charge is -2.26. The van der Waals surface area contributed by atoms with Crippen LogP contribution in [0.1, 0.15) is 10.4 Å². The fraction of sp³-hybridized carbons (Fsp3) is 0.133. The van der Waals surface area contributed by atoms with E-state index in [9.17, 15) is 14.9 Å². The van der Waals surface area contributed by atoms with Gasteiger partial charge in [-0.2, -0.15) is 0 Å². The summed E-state index contributed by atoms with van der Waals surface area (Å²) in [5.41, 5.74) is 0.0242. The molecule has 0 aliphatic carbocycles. The van der Waals surface area contributed by atoms with Crippen LogP contribution >= 0.6 is 46.4 Å². The molecule has 0 bridgehead atoms. The number of alkyl halides is 3. The number of nitrogens with zero attached hydrogens (tertiary/aromatic N) is 1. The fourth-order valence-electron chi connectivity index (χ4n) is 1.82. The molecule has 0 saturated heterocycles. The molecule has 132 valence electrons. The molecule has 2 aromatic carbocycles. The predicted molar refractivity (Wildman–Crippen MR) is 96.7 cm³/mol. The summed E-state index contributed by atoms with van der Waals surface area (Å²) < 4.78 is 3.40. The van der Waals surface area contributed by atoms with Crippen LogP contribution in [0.5, 0.6) is 5.75 Å². The lowest BCUT2D eigenvalue weighted by atomic mass is 10.2. The lowest BCUT2D eigenvalue weighted by Crippen LogP contribution is -2.47. The highest BCUT2D eigenvalue weighted by atomic mass is 35.6. The Kier molecular flexibility index (Phi) is 6.35. The van der Waals surface area contributed by atoms with Crippen LogP contribution in [0.2, 0.25) is 5.02 Å². The highest BCUT2D eigenvalue weighted by molar-refractivity contribution is 6.68. The molecule has 0 heterocycles. The van der Waals surface area contributed by atoms with Gasteiger partial charge in [0.05, 0.1) is 11.0 Å². The van der Waals surface area contributed by atoms with Crippen LogP contribution in [-0.2, 0) is 0 Å². The van der Waals surface area contributed by atoms with Gasteiger partial charge < -0.3 is 10.1 Å². The molecule has 0 aliphatic heterocycles. The first-order valence-electron chi connectivity index (χ1n) is 6.71. The first-order valence-corrected chi connectivity index (χ1v) is 8.22. The maximum atomic E-state index is 12.3. The van der Waals surface area contributed by atoms with Crippen molar-refractivity contribution in [1.82, 2.24) is 5.32 Å². The van der Waals surface area contributed by atoms with Gasteiger partial charge in [-0.3, -0.25) is 14.9 Å². The normalized spacial score (nSPS) is 12.3. The van der Waals surface area contributed by atoms with E-state index in [4.69, 9.17) is 51.1 Å². The third kappa shape index (κ3) is 5.64. The zero-order valence-electron chi connectivity index (χ0n) is 12.3. The molecule has 6 nitrogen and oxygen atoms in total. The van der Waals surface area contributed by atoms with E-state index >= 15 is 0 Å². The van der Waals surface area contributed by atoms with Crippen LogP contribution in [0.4, 0.5) is 5.69 Å². The van der Waals surface area contributed by atoms with E-state index in [2.05, 4.69) is 5.32 Å². The Labute approximate surface area is 162 Å². The van der Waals surface area contributed by atoms with Gasteiger partial charge in [0.1, 0.15) is 5.75 Å². The topological polar surface area (TPSA) is 81.5 Å². The number of carbonyl (C=O) groups excluding carboxylic acids is 1. The Morgan fingerprint density at radius 1 is 1.16 bits per heavy atom. The third-order valence-corrected chi connectivity index (χ3v) is 3.76. The fourth-order valence-corrected chi connectivity index (χ4v) is 2.30. The summed E-state index contributed by atoms with van der Waals surface area (Å²) >= 11 is 23.4. The Morgan fingerprint density at radius 3 is 2.44 bits per heavy atom. The summed E-state index contributed by atoms with van der Waals surface area (Å²) in [5, 5.41) is 13.6. The van der Waals surface area contributed by atoms with Crippen molar-refractivity contribution in [2.24, 2.45) is 0 Å². The number of rotatable bonds is 5. The number of halogens is 4. The molecule has 1 atom stereocenters. The van der Waals surface area contributed by atoms with Gasteiger partial charge in [-0.1, -0.05) is 58.5 Å². The number of non-ortho nitro benzene ring substituents is 1. The summed E-state index contributed by atoms with van der Waals surface area (Å²) in [6, 6.07) is 11.4. The molecule has 0 radical (unpaired) electrons. The Balaban J connectivity index is 2.21. The second kappa shape index (κ2) is 8.10. The molecule has 25 heavy (non-hydrogen) atoms. The molecule has 0 fully saturated rings. The van der Waals surface area contributed by atoms with Crippen molar-refractivity contribution in [1.29, 1.82) is 0 Å². The highest BCUT2D eigenvalue weighted by Gasteiger charge is 2.36. The van der Waals surface area contributed by atoms with Crippen LogP contribution in [0.25, 0.3) is 0 Å². The van der Waals surface area contributed by atoms with Crippen LogP contribution in [0, 0.1) is 10.1 Å². The van der Waals surface area contributed by atoms with E-state index < -0.39 is 20.9 Å². The molecule has 1 amide bonds. The van der Waals surface area contributed by atoms with Crippen LogP contribution in [0.15, 0.2) is 48.5 Å². The summed E-state index contributed by atoms with van der Waals surface area (Å²) in [6.07, 6.45) is -1.40. The Hall–Kier alpha value is -1.73. The van der Waals surface area contributed by atoms with E-state index in [-0.39, 0.29) is 17.0 Å². The molecule has 0 aliphatic rings. The number of hydrogen-bond acceptors (Lipinski definition) is 4. The van der Waals surface area contributed by atoms with Crippen molar-refractivity contribution in [2.75, 3.05) is 0 Å². The number of hydrogen-bond donors (Lipinski definition) is 1. The second-order valence-corrected chi connectivity index (χ2v) is 7.58. The number of amides is 1. The molecular weight excluding hydrogens is 414 g/mol. The van der Waals surface area contributed by atoms with Crippen molar-refractivity contribution in [3.63, 3.8) is 0 Å². The van der Waals surface area contributed by atoms with E-state index in [0.29, 0.717) is 5.02 Å². The van der Waals surface area contributed by atoms with E-state index in [1.807, 2.05) is 0 Å². The van der Waals surface area contributed by atoms with E-state index in [1.165, 1.54) is 30.3 Å². The summed E-state index contributed by atoms with van der Waals surface area (Å²) in [7, 11) is 0. The molecule has 2 aromatic rings. The first-order chi connectivity index (χ1) is 11.7. The predicted octanol–water partition coefficient (Wildman–Crippen LogP) is 4.75. The van der Waals surface area contributed by atoms with Crippen LogP contribution < -0.4 is 10.1 Å². The first kappa shape index (κ1) is 19.6. The largest absolute Gasteiger partial charge is 0.466 e. The number of benzene rings is 2.